The van der Waals surface area contributed by atoms with E-state index < -0.39 is 67.7 Å². The highest BCUT2D eigenvalue weighted by molar-refractivity contribution is 5.96. The van der Waals surface area contributed by atoms with Gasteiger partial charge in [-0.2, -0.15) is 0 Å². The van der Waals surface area contributed by atoms with Crippen LogP contribution >= 0.6 is 0 Å². The number of hydrogen-bond donors (Lipinski definition) is 6. The number of unbranched alkanes of at least 4 members (excludes halogenated alkanes) is 1. The summed E-state index contributed by atoms with van der Waals surface area (Å²) in [5, 5.41) is 41.5. The largest absolute Gasteiger partial charge is 0.481 e. The van der Waals surface area contributed by atoms with Crippen molar-refractivity contribution < 1.29 is 53.9 Å². The van der Waals surface area contributed by atoms with Crippen LogP contribution in [-0.2, 0) is 23.9 Å². The van der Waals surface area contributed by atoms with Crippen molar-refractivity contribution in [2.45, 2.75) is 44.2 Å². The second kappa shape index (κ2) is 15.8. The minimum Gasteiger partial charge on any atom is -0.481 e. The first-order valence-electron chi connectivity index (χ1n) is 10.9. The molecule has 0 aromatic heterocycles. The number of esters is 1. The second-order valence-corrected chi connectivity index (χ2v) is 7.65. The molecule has 0 saturated carbocycles. The molecule has 0 aliphatic carbocycles. The number of carbonyl (C=O) groups excluding carboxylic acids is 2. The molecule has 36 heavy (non-hydrogen) atoms. The summed E-state index contributed by atoms with van der Waals surface area (Å²) in [4.78, 5) is 69.6. The lowest BCUT2D eigenvalue weighted by molar-refractivity contribution is -0.147. The average molecular weight is 511 g/mol. The molecule has 0 fully saturated rings. The predicted octanol–water partition coefficient (Wildman–Crippen LogP) is 0.428. The first-order chi connectivity index (χ1) is 17.0. The lowest BCUT2D eigenvalue weighted by Gasteiger charge is -2.29. The van der Waals surface area contributed by atoms with Crippen molar-refractivity contribution in [3.8, 4) is 0 Å². The Hall–Kier alpha value is -4.04. The van der Waals surface area contributed by atoms with Gasteiger partial charge in [-0.25, -0.2) is 9.59 Å². The molecule has 0 spiro atoms. The fraction of sp³-hybridized carbons (Fsp3) is 0.455. The maximum absolute atomic E-state index is 11.8. The summed E-state index contributed by atoms with van der Waals surface area (Å²) in [5.74, 6) is -6.08. The molecule has 1 amide bonds. The SMILES string of the molecule is O=C(O)CC[C@H](NCN(CC(=O)O)[C@@H](CCCCNC(=O)OC(=O)c1ccccc1)C(=O)O)C(=O)O. The van der Waals surface area contributed by atoms with Crippen molar-refractivity contribution >= 4 is 35.9 Å². The number of ether oxygens (including phenoxy) is 1. The van der Waals surface area contributed by atoms with E-state index in [1.165, 1.54) is 12.1 Å². The number of aliphatic carboxylic acids is 4. The molecular weight excluding hydrogens is 482 g/mol. The second-order valence-electron chi connectivity index (χ2n) is 7.65. The third-order valence-corrected chi connectivity index (χ3v) is 4.92. The molecule has 0 bridgehead atoms. The van der Waals surface area contributed by atoms with Gasteiger partial charge in [0.05, 0.1) is 18.8 Å². The zero-order chi connectivity index (χ0) is 27.1. The summed E-state index contributed by atoms with van der Waals surface area (Å²) in [7, 11) is 0. The Balaban J connectivity index is 2.57. The fourth-order valence-electron chi connectivity index (χ4n) is 3.13. The van der Waals surface area contributed by atoms with Gasteiger partial charge in [-0.3, -0.25) is 29.4 Å². The zero-order valence-corrected chi connectivity index (χ0v) is 19.3. The van der Waals surface area contributed by atoms with Crippen LogP contribution in [-0.4, -0.2) is 93.1 Å². The van der Waals surface area contributed by atoms with Gasteiger partial charge in [0, 0.05) is 13.0 Å². The quantitative estimate of drug-likeness (QED) is 0.0724. The van der Waals surface area contributed by atoms with Crippen molar-refractivity contribution in [1.29, 1.82) is 0 Å². The summed E-state index contributed by atoms with van der Waals surface area (Å²) in [6.07, 6.45) is -1.21. The summed E-state index contributed by atoms with van der Waals surface area (Å²) < 4.78 is 4.64. The zero-order valence-electron chi connectivity index (χ0n) is 19.3. The molecule has 2 atom stereocenters. The van der Waals surface area contributed by atoms with E-state index in [2.05, 4.69) is 15.4 Å². The normalized spacial score (nSPS) is 12.4. The van der Waals surface area contributed by atoms with Gasteiger partial charge in [0.15, 0.2) is 0 Å². The first kappa shape index (κ1) is 30.0. The molecule has 0 unspecified atom stereocenters. The van der Waals surface area contributed by atoms with Crippen molar-refractivity contribution in [1.82, 2.24) is 15.5 Å². The van der Waals surface area contributed by atoms with Crippen molar-refractivity contribution in [2.75, 3.05) is 19.8 Å². The van der Waals surface area contributed by atoms with Crippen molar-refractivity contribution in [3.63, 3.8) is 0 Å². The molecule has 1 aromatic carbocycles. The van der Waals surface area contributed by atoms with Crippen LogP contribution in [0.1, 0.15) is 42.5 Å². The van der Waals surface area contributed by atoms with E-state index in [0.29, 0.717) is 0 Å². The van der Waals surface area contributed by atoms with Gasteiger partial charge in [0.25, 0.3) is 0 Å². The number of carboxylic acid groups (broad SMARTS) is 4. The van der Waals surface area contributed by atoms with Crippen molar-refractivity contribution in [3.05, 3.63) is 35.9 Å². The molecule has 0 aliphatic heterocycles. The van der Waals surface area contributed by atoms with E-state index in [-0.39, 0.29) is 37.8 Å². The van der Waals surface area contributed by atoms with Gasteiger partial charge < -0.3 is 30.5 Å². The first-order valence-corrected chi connectivity index (χ1v) is 10.9. The van der Waals surface area contributed by atoms with E-state index in [9.17, 15) is 39.0 Å². The molecule has 0 heterocycles. The maximum atomic E-state index is 11.8. The number of carbonyl (C=O) groups is 6. The molecule has 0 saturated heterocycles. The Bertz CT molecular complexity index is 923. The van der Waals surface area contributed by atoms with Gasteiger partial charge in [-0.1, -0.05) is 18.2 Å². The molecule has 14 nitrogen and oxygen atoms in total. The highest BCUT2D eigenvalue weighted by atomic mass is 16.6. The van der Waals surface area contributed by atoms with Crippen LogP contribution in [0.15, 0.2) is 30.3 Å². The fourth-order valence-corrected chi connectivity index (χ4v) is 3.13. The monoisotopic (exact) mass is 511 g/mol. The number of hydrogen-bond acceptors (Lipinski definition) is 9. The lowest BCUT2D eigenvalue weighted by Crippen LogP contribution is -2.51. The molecule has 0 aliphatic rings. The minimum absolute atomic E-state index is 0.0309. The standard InChI is InChI=1S/C22H29N3O11/c26-17(27)10-9-15(19(30)31)24-13-25(12-18(28)29)16(20(32)33)8-4-5-11-23-22(35)36-21(34)14-6-2-1-3-7-14/h1-3,6-7,15-16,24H,4-5,8-13H2,(H,23,35)(H,26,27)(H,28,29)(H,30,31)(H,32,33)/t15-,16-/m0/s1. The summed E-state index contributed by atoms with van der Waals surface area (Å²) in [6, 6.07) is 5.24. The topological polar surface area (TPSA) is 220 Å². The lowest BCUT2D eigenvalue weighted by atomic mass is 10.1. The third kappa shape index (κ3) is 11.9. The van der Waals surface area contributed by atoms with Gasteiger partial charge >= 0.3 is 35.9 Å². The summed E-state index contributed by atoms with van der Waals surface area (Å²) in [6.45, 7) is -1.08. The molecule has 198 valence electrons. The van der Waals surface area contributed by atoms with Crippen LogP contribution in [0.5, 0.6) is 0 Å². The number of carboxylic acids is 4. The van der Waals surface area contributed by atoms with Crippen LogP contribution in [0.4, 0.5) is 4.79 Å². The molecule has 14 heteroatoms. The summed E-state index contributed by atoms with van der Waals surface area (Å²) >= 11 is 0. The Kier molecular flexibility index (Phi) is 13.1. The molecule has 1 aromatic rings. The Morgan fingerprint density at radius 1 is 0.861 bits per heavy atom. The maximum Gasteiger partial charge on any atom is 0.415 e. The number of rotatable bonds is 17. The average Bonchev–Trinajstić information content (AvgIpc) is 2.80. The highest BCUT2D eigenvalue weighted by Gasteiger charge is 2.28. The van der Waals surface area contributed by atoms with Crippen LogP contribution < -0.4 is 10.6 Å². The van der Waals surface area contributed by atoms with E-state index in [1.807, 2.05) is 0 Å². The van der Waals surface area contributed by atoms with Gasteiger partial charge in [-0.05, 0) is 37.8 Å². The minimum atomic E-state index is -1.36. The van der Waals surface area contributed by atoms with Crippen LogP contribution in [0.3, 0.4) is 0 Å². The molecule has 0 radical (unpaired) electrons. The molecule has 6 N–H and O–H groups in total. The summed E-state index contributed by atoms with van der Waals surface area (Å²) in [5.41, 5.74) is 0.192. The molecular formula is C22H29N3O11. The van der Waals surface area contributed by atoms with Crippen LogP contribution in [0.2, 0.25) is 0 Å². The molecule has 1 rings (SSSR count). The van der Waals surface area contributed by atoms with E-state index in [0.717, 1.165) is 4.90 Å². The van der Waals surface area contributed by atoms with Gasteiger partial charge in [0.2, 0.25) is 0 Å². The van der Waals surface area contributed by atoms with Crippen LogP contribution in [0.25, 0.3) is 0 Å². The Morgan fingerprint density at radius 2 is 1.53 bits per heavy atom. The Morgan fingerprint density at radius 3 is 2.08 bits per heavy atom. The smallest absolute Gasteiger partial charge is 0.415 e. The third-order valence-electron chi connectivity index (χ3n) is 4.92. The van der Waals surface area contributed by atoms with Crippen LogP contribution in [0, 0.1) is 0 Å². The number of nitrogens with one attached hydrogen (secondary N) is 2. The van der Waals surface area contributed by atoms with Gasteiger partial charge in [-0.15, -0.1) is 0 Å². The number of benzene rings is 1. The number of nitrogens with zero attached hydrogens (tertiary/aromatic N) is 1. The predicted molar refractivity (Wildman–Crippen MR) is 121 cm³/mol. The van der Waals surface area contributed by atoms with E-state index in [4.69, 9.17) is 10.2 Å². The Labute approximate surface area is 205 Å². The van der Waals surface area contributed by atoms with E-state index >= 15 is 0 Å². The number of alkyl carbamates (subject to hydrolysis) is 1. The van der Waals surface area contributed by atoms with Gasteiger partial charge in [0.1, 0.15) is 12.1 Å². The highest BCUT2D eigenvalue weighted by Crippen LogP contribution is 2.10. The number of amides is 1. The van der Waals surface area contributed by atoms with E-state index in [1.54, 1.807) is 18.2 Å². The van der Waals surface area contributed by atoms with Crippen molar-refractivity contribution in [2.24, 2.45) is 0 Å².